The fraction of sp³-hybridized carbons (Fsp3) is 1.00. The number of hydrogen-bond donors (Lipinski definition) is 1. The Morgan fingerprint density at radius 3 is 2.62 bits per heavy atom. The molecule has 8 heavy (non-hydrogen) atoms. The van der Waals surface area contributed by atoms with Gasteiger partial charge in [-0.1, -0.05) is 0 Å². The third-order valence-electron chi connectivity index (χ3n) is 2.20. The van der Waals surface area contributed by atoms with Crippen molar-refractivity contribution in [2.45, 2.75) is 19.1 Å². The van der Waals surface area contributed by atoms with Gasteiger partial charge in [-0.2, -0.15) is 0 Å². The Labute approximate surface area is 48.5 Å². The van der Waals surface area contributed by atoms with Crippen LogP contribution in [0.15, 0.2) is 0 Å². The Balaban J connectivity index is 2.17. The standard InChI is InChI=1S/C6H10O2/c1-6(7)5-2-4(5)3-8-6/h4-5,7H,2-3H2,1H3/t4-,5-,6-/m0/s1. The molecule has 0 spiro atoms. The van der Waals surface area contributed by atoms with Gasteiger partial charge < -0.3 is 9.84 Å². The number of aliphatic hydroxyl groups is 1. The van der Waals surface area contributed by atoms with Crippen molar-refractivity contribution in [1.29, 1.82) is 0 Å². The lowest BCUT2D eigenvalue weighted by Gasteiger charge is -2.17. The van der Waals surface area contributed by atoms with Crippen molar-refractivity contribution in [3.05, 3.63) is 0 Å². The van der Waals surface area contributed by atoms with E-state index >= 15 is 0 Å². The van der Waals surface area contributed by atoms with Crippen LogP contribution in [0.3, 0.4) is 0 Å². The van der Waals surface area contributed by atoms with E-state index in [1.807, 2.05) is 0 Å². The molecule has 0 unspecified atom stereocenters. The van der Waals surface area contributed by atoms with Gasteiger partial charge >= 0.3 is 0 Å². The van der Waals surface area contributed by atoms with Gasteiger partial charge in [-0.15, -0.1) is 0 Å². The van der Waals surface area contributed by atoms with Gasteiger partial charge in [0.25, 0.3) is 0 Å². The van der Waals surface area contributed by atoms with Crippen LogP contribution in [0.5, 0.6) is 0 Å². The molecule has 1 aliphatic heterocycles. The molecule has 1 saturated heterocycles. The lowest BCUT2D eigenvalue weighted by molar-refractivity contribution is -0.176. The van der Waals surface area contributed by atoms with Crippen molar-refractivity contribution in [1.82, 2.24) is 0 Å². The van der Waals surface area contributed by atoms with E-state index in [2.05, 4.69) is 0 Å². The van der Waals surface area contributed by atoms with Crippen molar-refractivity contribution in [2.24, 2.45) is 11.8 Å². The summed E-state index contributed by atoms with van der Waals surface area (Å²) in [6.07, 6.45) is 1.17. The first-order valence-corrected chi connectivity index (χ1v) is 3.06. The molecule has 1 saturated carbocycles. The average Bonchev–Trinajstić information content (AvgIpc) is 2.34. The first kappa shape index (κ1) is 4.77. The minimum Gasteiger partial charge on any atom is -0.365 e. The Hall–Kier alpha value is -0.0800. The molecule has 2 rings (SSSR count). The highest BCUT2D eigenvalue weighted by molar-refractivity contribution is 4.99. The predicted molar refractivity (Wildman–Crippen MR) is 28.2 cm³/mol. The van der Waals surface area contributed by atoms with E-state index in [-0.39, 0.29) is 0 Å². The third-order valence-corrected chi connectivity index (χ3v) is 2.20. The van der Waals surface area contributed by atoms with E-state index in [0.717, 1.165) is 6.61 Å². The molecule has 1 heterocycles. The van der Waals surface area contributed by atoms with Gasteiger partial charge in [0, 0.05) is 5.92 Å². The molecule has 0 amide bonds. The molecular weight excluding hydrogens is 104 g/mol. The van der Waals surface area contributed by atoms with Crippen LogP contribution in [0, 0.1) is 11.8 Å². The van der Waals surface area contributed by atoms with Crippen LogP contribution in [0.2, 0.25) is 0 Å². The summed E-state index contributed by atoms with van der Waals surface area (Å²) >= 11 is 0. The summed E-state index contributed by atoms with van der Waals surface area (Å²) in [5.41, 5.74) is 0. The quantitative estimate of drug-likeness (QED) is 0.492. The lowest BCUT2D eigenvalue weighted by Crippen LogP contribution is -2.26. The summed E-state index contributed by atoms with van der Waals surface area (Å²) in [6.45, 7) is 2.53. The number of rotatable bonds is 0. The molecule has 0 radical (unpaired) electrons. The van der Waals surface area contributed by atoms with Crippen molar-refractivity contribution in [3.8, 4) is 0 Å². The van der Waals surface area contributed by atoms with Crippen molar-refractivity contribution >= 4 is 0 Å². The maximum absolute atomic E-state index is 9.28. The molecule has 3 atom stereocenters. The fourth-order valence-corrected chi connectivity index (χ4v) is 1.47. The van der Waals surface area contributed by atoms with Crippen molar-refractivity contribution in [3.63, 3.8) is 0 Å². The summed E-state index contributed by atoms with van der Waals surface area (Å²) in [7, 11) is 0. The van der Waals surface area contributed by atoms with Crippen LogP contribution in [-0.2, 0) is 4.74 Å². The van der Waals surface area contributed by atoms with Crippen molar-refractivity contribution in [2.75, 3.05) is 6.61 Å². The molecule has 2 heteroatoms. The molecule has 2 nitrogen and oxygen atoms in total. The molecule has 0 aromatic rings. The van der Waals surface area contributed by atoms with E-state index in [1.165, 1.54) is 6.42 Å². The van der Waals surface area contributed by atoms with Crippen LogP contribution in [-0.4, -0.2) is 17.5 Å². The highest BCUT2D eigenvalue weighted by Crippen LogP contribution is 2.52. The Morgan fingerprint density at radius 1 is 1.75 bits per heavy atom. The van der Waals surface area contributed by atoms with Gasteiger partial charge in [-0.3, -0.25) is 0 Å². The Morgan fingerprint density at radius 2 is 2.50 bits per heavy atom. The normalized spacial score (nSPS) is 60.8. The monoisotopic (exact) mass is 114 g/mol. The molecule has 1 aliphatic carbocycles. The predicted octanol–water partition coefficient (Wildman–Crippen LogP) is 0.361. The Bertz CT molecular complexity index is 120. The van der Waals surface area contributed by atoms with E-state index in [1.54, 1.807) is 6.92 Å². The van der Waals surface area contributed by atoms with Gasteiger partial charge in [0.05, 0.1) is 6.61 Å². The topological polar surface area (TPSA) is 29.5 Å². The summed E-state index contributed by atoms with van der Waals surface area (Å²) in [5, 5.41) is 9.28. The lowest BCUT2D eigenvalue weighted by atomic mass is 10.2. The van der Waals surface area contributed by atoms with E-state index in [4.69, 9.17) is 4.74 Å². The van der Waals surface area contributed by atoms with Crippen molar-refractivity contribution < 1.29 is 9.84 Å². The van der Waals surface area contributed by atoms with Crippen LogP contribution in [0.25, 0.3) is 0 Å². The number of fused-ring (bicyclic) bond motifs is 1. The second kappa shape index (κ2) is 1.09. The van der Waals surface area contributed by atoms with Crippen LogP contribution >= 0.6 is 0 Å². The first-order chi connectivity index (χ1) is 3.70. The van der Waals surface area contributed by atoms with E-state index in [9.17, 15) is 5.11 Å². The molecule has 1 N–H and O–H groups in total. The van der Waals surface area contributed by atoms with Crippen LogP contribution in [0.4, 0.5) is 0 Å². The largest absolute Gasteiger partial charge is 0.365 e. The minimum atomic E-state index is -0.773. The zero-order chi connectivity index (χ0) is 5.78. The zero-order valence-electron chi connectivity index (χ0n) is 4.92. The summed E-state index contributed by atoms with van der Waals surface area (Å²) in [5.74, 6) is 0.373. The molecule has 2 aliphatic rings. The van der Waals surface area contributed by atoms with Gasteiger partial charge in [-0.25, -0.2) is 0 Å². The summed E-state index contributed by atoms with van der Waals surface area (Å²) in [6, 6.07) is 0. The highest BCUT2D eigenvalue weighted by Gasteiger charge is 2.56. The van der Waals surface area contributed by atoms with E-state index < -0.39 is 5.79 Å². The molecule has 0 bridgehead atoms. The van der Waals surface area contributed by atoms with Gasteiger partial charge in [0.2, 0.25) is 0 Å². The van der Waals surface area contributed by atoms with Crippen LogP contribution in [0.1, 0.15) is 13.3 Å². The fourth-order valence-electron chi connectivity index (χ4n) is 1.47. The molecular formula is C6H10O2. The summed E-state index contributed by atoms with van der Waals surface area (Å²) in [4.78, 5) is 0. The maximum Gasteiger partial charge on any atom is 0.165 e. The van der Waals surface area contributed by atoms with Gasteiger partial charge in [-0.05, 0) is 19.3 Å². The maximum atomic E-state index is 9.28. The molecule has 0 aromatic carbocycles. The molecule has 2 fully saturated rings. The first-order valence-electron chi connectivity index (χ1n) is 3.06. The highest BCUT2D eigenvalue weighted by atomic mass is 16.6. The average molecular weight is 114 g/mol. The zero-order valence-corrected chi connectivity index (χ0v) is 4.92. The minimum absolute atomic E-state index is 0.461. The van der Waals surface area contributed by atoms with Crippen LogP contribution < -0.4 is 0 Å². The number of ether oxygens (including phenoxy) is 1. The second-order valence-electron chi connectivity index (χ2n) is 2.97. The summed E-state index contributed by atoms with van der Waals surface area (Å²) < 4.78 is 5.06. The molecule has 46 valence electrons. The second-order valence-corrected chi connectivity index (χ2v) is 2.97. The van der Waals surface area contributed by atoms with Gasteiger partial charge in [0.15, 0.2) is 5.79 Å². The smallest absolute Gasteiger partial charge is 0.165 e. The van der Waals surface area contributed by atoms with E-state index in [0.29, 0.717) is 11.8 Å². The molecule has 0 aromatic heterocycles. The Kier molecular flexibility index (Phi) is 0.649. The third kappa shape index (κ3) is 0.446. The van der Waals surface area contributed by atoms with Gasteiger partial charge in [0.1, 0.15) is 0 Å². The number of hydrogen-bond acceptors (Lipinski definition) is 2. The SMILES string of the molecule is C[C@]1(O)OC[C@@H]2C[C@@H]21.